The van der Waals surface area contributed by atoms with Gasteiger partial charge in [-0.25, -0.2) is 0 Å². The number of aromatic nitrogens is 3. The number of nitrogens with zero attached hydrogens (tertiary/aromatic N) is 3. The lowest BCUT2D eigenvalue weighted by molar-refractivity contribution is 0.102. The number of Topliss-reactive ketones (excluding diaryl/α,β-unsaturated/α-hetero) is 1. The van der Waals surface area contributed by atoms with Crippen LogP contribution >= 0.6 is 35.0 Å². The normalized spacial score (nSPS) is 14.8. The molecule has 0 spiro atoms. The molecule has 2 aromatic carbocycles. The summed E-state index contributed by atoms with van der Waals surface area (Å²) in [6.45, 7) is 0. The van der Waals surface area contributed by atoms with Crippen LogP contribution in [-0.4, -0.2) is 26.3 Å². The van der Waals surface area contributed by atoms with Gasteiger partial charge in [0.2, 0.25) is 0 Å². The van der Waals surface area contributed by atoms with Gasteiger partial charge in [-0.05, 0) is 61.4 Å². The van der Waals surface area contributed by atoms with Gasteiger partial charge in [-0.2, -0.15) is 0 Å². The second kappa shape index (κ2) is 9.33. The van der Waals surface area contributed by atoms with Gasteiger partial charge in [0.1, 0.15) is 0 Å². The molecule has 3 aromatic rings. The Morgan fingerprint density at radius 2 is 1.55 bits per heavy atom. The maximum Gasteiger partial charge on any atom is 0.192 e. The Kier molecular flexibility index (Phi) is 6.58. The molecule has 7 heteroatoms. The van der Waals surface area contributed by atoms with E-state index in [0.29, 0.717) is 27.4 Å². The van der Waals surface area contributed by atoms with Gasteiger partial charge in [-0.1, -0.05) is 54.2 Å². The van der Waals surface area contributed by atoms with Gasteiger partial charge >= 0.3 is 0 Å². The van der Waals surface area contributed by atoms with Crippen molar-refractivity contribution in [3.05, 3.63) is 64.1 Å². The molecule has 0 radical (unpaired) electrons. The van der Waals surface area contributed by atoms with Gasteiger partial charge in [0.25, 0.3) is 0 Å². The van der Waals surface area contributed by atoms with Crippen LogP contribution in [0.3, 0.4) is 0 Å². The van der Waals surface area contributed by atoms with Gasteiger partial charge in [0, 0.05) is 27.2 Å². The number of hydrogen-bond acceptors (Lipinski definition) is 4. The van der Waals surface area contributed by atoms with Crippen LogP contribution in [0.4, 0.5) is 0 Å². The standard InChI is InChI=1S/C22H21Cl2N3OS/c23-17-10-6-15(7-11-17)20(28)14-29-22-26-25-21(16-8-12-18(24)13-9-16)27(22)19-4-2-1-3-5-19/h6-13,19H,1-5,14H2. The van der Waals surface area contributed by atoms with Crippen LogP contribution in [0.1, 0.15) is 48.5 Å². The van der Waals surface area contributed by atoms with Crippen molar-refractivity contribution in [2.75, 3.05) is 5.75 Å². The summed E-state index contributed by atoms with van der Waals surface area (Å²) in [7, 11) is 0. The van der Waals surface area contributed by atoms with E-state index in [1.54, 1.807) is 24.3 Å². The van der Waals surface area contributed by atoms with Crippen molar-refractivity contribution >= 4 is 40.7 Å². The fourth-order valence-electron chi connectivity index (χ4n) is 3.69. The molecular weight excluding hydrogens is 425 g/mol. The first-order valence-electron chi connectivity index (χ1n) is 9.74. The summed E-state index contributed by atoms with van der Waals surface area (Å²) in [6.07, 6.45) is 5.90. The fourth-order valence-corrected chi connectivity index (χ4v) is 4.84. The van der Waals surface area contributed by atoms with Crippen molar-refractivity contribution in [3.63, 3.8) is 0 Å². The number of halogens is 2. The van der Waals surface area contributed by atoms with E-state index in [2.05, 4.69) is 14.8 Å². The monoisotopic (exact) mass is 445 g/mol. The summed E-state index contributed by atoms with van der Waals surface area (Å²) >= 11 is 13.4. The summed E-state index contributed by atoms with van der Waals surface area (Å²) in [5.74, 6) is 1.21. The number of carbonyl (C=O) groups is 1. The van der Waals surface area contributed by atoms with Crippen molar-refractivity contribution in [3.8, 4) is 11.4 Å². The zero-order chi connectivity index (χ0) is 20.2. The summed E-state index contributed by atoms with van der Waals surface area (Å²) in [6, 6.07) is 15.0. The van der Waals surface area contributed by atoms with Crippen LogP contribution in [-0.2, 0) is 0 Å². The van der Waals surface area contributed by atoms with Gasteiger partial charge < -0.3 is 0 Å². The molecule has 0 saturated heterocycles. The molecule has 0 amide bonds. The Morgan fingerprint density at radius 3 is 2.21 bits per heavy atom. The second-order valence-corrected chi connectivity index (χ2v) is 9.01. The Hall–Kier alpha value is -1.82. The highest BCUT2D eigenvalue weighted by atomic mass is 35.5. The van der Waals surface area contributed by atoms with E-state index in [4.69, 9.17) is 23.2 Å². The molecule has 0 unspecified atom stereocenters. The Labute approximate surface area is 184 Å². The average molecular weight is 446 g/mol. The third kappa shape index (κ3) is 4.85. The molecule has 0 atom stereocenters. The zero-order valence-corrected chi connectivity index (χ0v) is 18.2. The largest absolute Gasteiger partial charge is 0.299 e. The lowest BCUT2D eigenvalue weighted by Crippen LogP contribution is -2.15. The minimum Gasteiger partial charge on any atom is -0.299 e. The molecule has 4 nitrogen and oxygen atoms in total. The third-order valence-corrected chi connectivity index (χ3v) is 6.65. The summed E-state index contributed by atoms with van der Waals surface area (Å²) in [4.78, 5) is 12.6. The maximum absolute atomic E-state index is 12.6. The van der Waals surface area contributed by atoms with Crippen LogP contribution in [0.25, 0.3) is 11.4 Å². The minimum absolute atomic E-state index is 0.0536. The van der Waals surface area contributed by atoms with Gasteiger partial charge in [-0.15, -0.1) is 10.2 Å². The number of hydrogen-bond donors (Lipinski definition) is 0. The highest BCUT2D eigenvalue weighted by molar-refractivity contribution is 7.99. The first-order chi connectivity index (χ1) is 14.1. The van der Waals surface area contributed by atoms with Crippen molar-refractivity contribution in [2.45, 2.75) is 43.3 Å². The molecule has 1 saturated carbocycles. The maximum atomic E-state index is 12.6. The third-order valence-electron chi connectivity index (χ3n) is 5.21. The van der Waals surface area contributed by atoms with Gasteiger partial charge in [-0.3, -0.25) is 9.36 Å². The molecule has 1 aliphatic carbocycles. The molecule has 1 heterocycles. The number of ketones is 1. The molecule has 1 aliphatic rings. The molecule has 0 aliphatic heterocycles. The minimum atomic E-state index is 0.0536. The van der Waals surface area contributed by atoms with Crippen molar-refractivity contribution in [1.82, 2.24) is 14.8 Å². The SMILES string of the molecule is O=C(CSc1nnc(-c2ccc(Cl)cc2)n1C1CCCCC1)c1ccc(Cl)cc1. The van der Waals surface area contributed by atoms with Crippen molar-refractivity contribution in [2.24, 2.45) is 0 Å². The first-order valence-corrected chi connectivity index (χ1v) is 11.5. The van der Waals surface area contributed by atoms with Crippen molar-refractivity contribution in [1.29, 1.82) is 0 Å². The smallest absolute Gasteiger partial charge is 0.192 e. The first kappa shape index (κ1) is 20.5. The Morgan fingerprint density at radius 1 is 0.931 bits per heavy atom. The van der Waals surface area contributed by atoms with E-state index in [1.807, 2.05) is 24.3 Å². The molecule has 4 rings (SSSR count). The molecule has 150 valence electrons. The molecule has 1 aromatic heterocycles. The number of thioether (sulfide) groups is 1. The van der Waals surface area contributed by atoms with Crippen molar-refractivity contribution < 1.29 is 4.79 Å². The van der Waals surface area contributed by atoms with Gasteiger partial charge in [0.15, 0.2) is 16.8 Å². The quantitative estimate of drug-likeness (QED) is 0.311. The summed E-state index contributed by atoms with van der Waals surface area (Å²) in [5, 5.41) is 11.0. The number of rotatable bonds is 6. The topological polar surface area (TPSA) is 47.8 Å². The molecule has 0 bridgehead atoms. The predicted octanol–water partition coefficient (Wildman–Crippen LogP) is 6.73. The van der Waals surface area contributed by atoms with E-state index >= 15 is 0 Å². The second-order valence-electron chi connectivity index (χ2n) is 7.19. The number of benzene rings is 2. The average Bonchev–Trinajstić information content (AvgIpc) is 3.17. The summed E-state index contributed by atoms with van der Waals surface area (Å²) in [5.41, 5.74) is 1.65. The van der Waals surface area contributed by atoms with E-state index < -0.39 is 0 Å². The summed E-state index contributed by atoms with van der Waals surface area (Å²) < 4.78 is 2.22. The van der Waals surface area contributed by atoms with E-state index in [1.165, 1.54) is 31.0 Å². The zero-order valence-electron chi connectivity index (χ0n) is 15.9. The lowest BCUT2D eigenvalue weighted by atomic mass is 9.95. The number of carbonyl (C=O) groups excluding carboxylic acids is 1. The van der Waals surface area contributed by atoms with Gasteiger partial charge in [0.05, 0.1) is 5.75 Å². The molecule has 0 N–H and O–H groups in total. The van der Waals surface area contributed by atoms with Crippen LogP contribution in [0.2, 0.25) is 10.0 Å². The van der Waals surface area contributed by atoms with Crippen LogP contribution < -0.4 is 0 Å². The van der Waals surface area contributed by atoms with Crippen LogP contribution in [0.15, 0.2) is 53.7 Å². The molecule has 29 heavy (non-hydrogen) atoms. The molecule has 1 fully saturated rings. The van der Waals surface area contributed by atoms with E-state index in [-0.39, 0.29) is 5.78 Å². The highest BCUT2D eigenvalue weighted by Gasteiger charge is 2.24. The highest BCUT2D eigenvalue weighted by Crippen LogP contribution is 2.36. The lowest BCUT2D eigenvalue weighted by Gasteiger charge is -2.25. The van der Waals surface area contributed by atoms with E-state index in [0.717, 1.165) is 29.4 Å². The Bertz CT molecular complexity index is 980. The van der Waals surface area contributed by atoms with Crippen LogP contribution in [0.5, 0.6) is 0 Å². The Balaban J connectivity index is 1.59. The van der Waals surface area contributed by atoms with Crippen LogP contribution in [0, 0.1) is 0 Å². The fraction of sp³-hybridized carbons (Fsp3) is 0.318. The predicted molar refractivity (Wildman–Crippen MR) is 119 cm³/mol. The molecular formula is C22H21Cl2N3OS. The van der Waals surface area contributed by atoms with E-state index in [9.17, 15) is 4.79 Å².